The fourth-order valence-corrected chi connectivity index (χ4v) is 9.57. The molecule has 0 aromatic rings. The van der Waals surface area contributed by atoms with Crippen LogP contribution >= 0.6 is 7.82 Å². The third kappa shape index (κ3) is 52.8. The first-order valence-corrected chi connectivity index (χ1v) is 32.0. The maximum absolute atomic E-state index is 13.5. The van der Waals surface area contributed by atoms with Crippen LogP contribution in [-0.4, -0.2) is 74.3 Å². The van der Waals surface area contributed by atoms with Gasteiger partial charge in [0.15, 0.2) is 0 Å². The summed E-state index contributed by atoms with van der Waals surface area (Å²) in [6, 6.07) is -0.852. The van der Waals surface area contributed by atoms with E-state index in [-0.39, 0.29) is 25.1 Å². The normalized spacial score (nSPS) is 14.0. The lowest BCUT2D eigenvalue weighted by Crippen LogP contribution is -2.47. The molecule has 0 aliphatic heterocycles. The lowest BCUT2D eigenvalue weighted by Gasteiger charge is -2.27. The number of carbonyl (C=O) groups is 2. The van der Waals surface area contributed by atoms with Gasteiger partial charge < -0.3 is 19.4 Å². The highest BCUT2D eigenvalue weighted by Crippen LogP contribution is 2.43. The average molecular weight is 1030 g/mol. The van der Waals surface area contributed by atoms with Crippen LogP contribution in [0.1, 0.15) is 284 Å². The Kier molecular flexibility index (Phi) is 50.9. The largest absolute Gasteiger partial charge is 0.472 e. The van der Waals surface area contributed by atoms with E-state index in [1.165, 1.54) is 161 Å². The van der Waals surface area contributed by atoms with Crippen molar-refractivity contribution >= 4 is 19.7 Å². The highest BCUT2D eigenvalue weighted by atomic mass is 31.2. The zero-order valence-electron chi connectivity index (χ0n) is 48.2. The number of ether oxygens (including phenoxy) is 1. The molecular weight excluding hydrogens is 916 g/mol. The summed E-state index contributed by atoms with van der Waals surface area (Å²) in [6.45, 7) is 6.91. The zero-order chi connectivity index (χ0) is 52.9. The van der Waals surface area contributed by atoms with Crippen molar-refractivity contribution in [3.05, 3.63) is 48.6 Å². The van der Waals surface area contributed by atoms with E-state index in [4.69, 9.17) is 13.8 Å². The topological polar surface area (TPSA) is 111 Å². The number of phosphoric acid groups is 1. The zero-order valence-corrected chi connectivity index (χ0v) is 49.1. The van der Waals surface area contributed by atoms with E-state index in [0.29, 0.717) is 23.9 Å². The predicted molar refractivity (Wildman–Crippen MR) is 309 cm³/mol. The molecule has 10 heteroatoms. The molecule has 0 spiro atoms. The van der Waals surface area contributed by atoms with Gasteiger partial charge in [-0.3, -0.25) is 18.6 Å². The van der Waals surface area contributed by atoms with Gasteiger partial charge in [0.1, 0.15) is 19.3 Å². The van der Waals surface area contributed by atoms with Crippen molar-refractivity contribution < 1.29 is 37.3 Å². The van der Waals surface area contributed by atoms with Crippen LogP contribution in [0.2, 0.25) is 0 Å². The number of unbranched alkanes of at least 4 members (excludes halogenated alkanes) is 33. The Labute approximate surface area is 446 Å². The van der Waals surface area contributed by atoms with Crippen molar-refractivity contribution in [1.29, 1.82) is 0 Å². The fraction of sp³-hybridized carbons (Fsp3) is 0.839. The van der Waals surface area contributed by atoms with Crippen molar-refractivity contribution in [2.24, 2.45) is 0 Å². The van der Waals surface area contributed by atoms with E-state index in [1.807, 2.05) is 33.3 Å². The molecule has 0 heterocycles. The molecular formula is C62H118N2O7P+. The van der Waals surface area contributed by atoms with Crippen LogP contribution in [0, 0.1) is 0 Å². The van der Waals surface area contributed by atoms with Crippen molar-refractivity contribution in [2.75, 3.05) is 40.9 Å². The van der Waals surface area contributed by atoms with Gasteiger partial charge in [-0.05, 0) is 63.9 Å². The van der Waals surface area contributed by atoms with Crippen molar-refractivity contribution in [1.82, 2.24) is 5.32 Å². The first-order valence-electron chi connectivity index (χ1n) is 30.5. The molecule has 0 bridgehead atoms. The molecule has 2 N–H and O–H groups in total. The summed E-state index contributed by atoms with van der Waals surface area (Å²) < 4.78 is 30.7. The predicted octanol–water partition coefficient (Wildman–Crippen LogP) is 18.5. The number of esters is 1. The Balaban J connectivity index is 5.22. The van der Waals surface area contributed by atoms with E-state index in [2.05, 4.69) is 62.5 Å². The molecule has 3 unspecified atom stereocenters. The fourth-order valence-electron chi connectivity index (χ4n) is 8.84. The molecule has 422 valence electrons. The molecule has 0 aromatic carbocycles. The number of phosphoric ester groups is 1. The SMILES string of the molecule is CC/C=C/C/C=C/C/C=C/CCCCCCCCC(=O)NC(COP(=O)(O)OCC[N+](C)(C)C)C(/C=C/CCCCCCCCCCC)OC(=O)CCCCCCCCCCCCCCCCCCCCC. The monoisotopic (exact) mass is 1030 g/mol. The number of quaternary nitrogens is 1. The highest BCUT2D eigenvalue weighted by molar-refractivity contribution is 7.47. The van der Waals surface area contributed by atoms with Crippen molar-refractivity contribution in [3.8, 4) is 0 Å². The molecule has 0 radical (unpaired) electrons. The smallest absolute Gasteiger partial charge is 0.456 e. The number of rotatable bonds is 55. The lowest BCUT2D eigenvalue weighted by atomic mass is 10.0. The Morgan fingerprint density at radius 1 is 0.500 bits per heavy atom. The van der Waals surface area contributed by atoms with Gasteiger partial charge in [0.2, 0.25) is 5.91 Å². The minimum absolute atomic E-state index is 0.0382. The van der Waals surface area contributed by atoms with Gasteiger partial charge >= 0.3 is 13.8 Å². The third-order valence-electron chi connectivity index (χ3n) is 13.5. The van der Waals surface area contributed by atoms with Gasteiger partial charge in [0, 0.05) is 12.8 Å². The lowest BCUT2D eigenvalue weighted by molar-refractivity contribution is -0.870. The van der Waals surface area contributed by atoms with Crippen LogP contribution in [0.3, 0.4) is 0 Å². The standard InChI is InChI=1S/C62H117N2O7P/c1-7-10-13-16-19-22-25-27-29-31-32-33-35-37-40-43-46-49-52-55-62(66)71-60(53-50-47-44-41-38-24-21-18-15-12-9-3)59(58-70-72(67,68)69-57-56-64(4,5)6)63-61(65)54-51-48-45-42-39-36-34-30-28-26-23-20-17-14-11-8-2/h11,14,20,23,28,30,50,53,59-60H,7-10,12-13,15-19,21-22,24-27,29,31-49,51-52,54-58H2,1-6H3,(H-,63,65,67,68)/p+1/b14-11+,23-20+,30-28+,53-50+. The summed E-state index contributed by atoms with van der Waals surface area (Å²) in [5, 5.41) is 3.05. The number of nitrogens with one attached hydrogen (secondary N) is 1. The summed E-state index contributed by atoms with van der Waals surface area (Å²) in [7, 11) is 1.49. The van der Waals surface area contributed by atoms with Crippen molar-refractivity contribution in [3.63, 3.8) is 0 Å². The molecule has 0 saturated heterocycles. The second kappa shape index (κ2) is 52.4. The van der Waals surface area contributed by atoms with E-state index in [1.54, 1.807) is 0 Å². The van der Waals surface area contributed by atoms with Crippen LogP contribution in [0.25, 0.3) is 0 Å². The number of carbonyl (C=O) groups excluding carboxylic acids is 2. The molecule has 0 saturated carbocycles. The molecule has 0 rings (SSSR count). The van der Waals surface area contributed by atoms with Crippen LogP contribution in [0.5, 0.6) is 0 Å². The number of likely N-dealkylation sites (N-methyl/N-ethyl adjacent to an activating group) is 1. The molecule has 72 heavy (non-hydrogen) atoms. The van der Waals surface area contributed by atoms with Crippen LogP contribution in [-0.2, 0) is 27.9 Å². The molecule has 0 aliphatic rings. The third-order valence-corrected chi connectivity index (χ3v) is 14.5. The summed E-state index contributed by atoms with van der Waals surface area (Å²) in [5.74, 6) is -0.511. The number of hydrogen-bond acceptors (Lipinski definition) is 6. The second-order valence-electron chi connectivity index (χ2n) is 21.9. The number of nitrogens with zero attached hydrogens (tertiary/aromatic N) is 1. The summed E-state index contributed by atoms with van der Waals surface area (Å²) in [4.78, 5) is 37.6. The maximum Gasteiger partial charge on any atom is 0.472 e. The van der Waals surface area contributed by atoms with E-state index < -0.39 is 20.0 Å². The Bertz CT molecular complexity index is 1380. The van der Waals surface area contributed by atoms with Gasteiger partial charge in [-0.15, -0.1) is 0 Å². The van der Waals surface area contributed by atoms with Crippen LogP contribution in [0.4, 0.5) is 0 Å². The Hall–Kier alpha value is -2.03. The number of hydrogen-bond donors (Lipinski definition) is 2. The van der Waals surface area contributed by atoms with E-state index in [9.17, 15) is 19.0 Å². The summed E-state index contributed by atoms with van der Waals surface area (Å²) in [6.07, 6.45) is 63.9. The second-order valence-corrected chi connectivity index (χ2v) is 23.3. The van der Waals surface area contributed by atoms with Crippen LogP contribution < -0.4 is 5.32 Å². The Morgan fingerprint density at radius 2 is 0.889 bits per heavy atom. The average Bonchev–Trinajstić information content (AvgIpc) is 3.34. The van der Waals surface area contributed by atoms with Gasteiger partial charge in [-0.2, -0.15) is 0 Å². The summed E-state index contributed by atoms with van der Waals surface area (Å²) >= 11 is 0. The molecule has 3 atom stereocenters. The molecule has 9 nitrogen and oxygen atoms in total. The molecule has 0 aromatic heterocycles. The molecule has 1 amide bonds. The molecule has 0 aliphatic carbocycles. The van der Waals surface area contributed by atoms with E-state index >= 15 is 0 Å². The van der Waals surface area contributed by atoms with Crippen LogP contribution in [0.15, 0.2) is 48.6 Å². The summed E-state index contributed by atoms with van der Waals surface area (Å²) in [5.41, 5.74) is 0. The number of allylic oxidation sites excluding steroid dienone is 7. The first kappa shape index (κ1) is 70.0. The van der Waals surface area contributed by atoms with Gasteiger partial charge in [0.25, 0.3) is 0 Å². The highest BCUT2D eigenvalue weighted by Gasteiger charge is 2.30. The van der Waals surface area contributed by atoms with E-state index in [0.717, 1.165) is 89.9 Å². The maximum atomic E-state index is 13.5. The van der Waals surface area contributed by atoms with Gasteiger partial charge in [0.05, 0.1) is 33.8 Å². The van der Waals surface area contributed by atoms with Gasteiger partial charge in [-0.1, -0.05) is 256 Å². The Morgan fingerprint density at radius 3 is 1.33 bits per heavy atom. The van der Waals surface area contributed by atoms with Crippen molar-refractivity contribution in [2.45, 2.75) is 296 Å². The molecule has 0 fully saturated rings. The first-order chi connectivity index (χ1) is 34.9. The number of amides is 1. The minimum atomic E-state index is -4.45. The minimum Gasteiger partial charge on any atom is -0.456 e. The van der Waals surface area contributed by atoms with Gasteiger partial charge in [-0.25, -0.2) is 4.57 Å². The quantitative estimate of drug-likeness (QED) is 0.0205.